The van der Waals surface area contributed by atoms with E-state index in [1.807, 2.05) is 17.5 Å². The van der Waals surface area contributed by atoms with Gasteiger partial charge in [-0.25, -0.2) is 0 Å². The van der Waals surface area contributed by atoms with Crippen LogP contribution < -0.4 is 10.6 Å². The van der Waals surface area contributed by atoms with Crippen molar-refractivity contribution < 1.29 is 22.8 Å². The van der Waals surface area contributed by atoms with Crippen molar-refractivity contribution in [2.45, 2.75) is 12.7 Å². The average Bonchev–Trinajstić information content (AvgIpc) is 2.97. The molecule has 22 heavy (non-hydrogen) atoms. The minimum atomic E-state index is -5.01. The highest BCUT2D eigenvalue weighted by Crippen LogP contribution is 2.21. The maximum atomic E-state index is 12.3. The van der Waals surface area contributed by atoms with Crippen LogP contribution in [0.5, 0.6) is 0 Å². The summed E-state index contributed by atoms with van der Waals surface area (Å²) in [5, 5.41) is 6.14. The van der Waals surface area contributed by atoms with E-state index in [2.05, 4.69) is 5.32 Å². The van der Waals surface area contributed by atoms with Gasteiger partial charge in [-0.2, -0.15) is 13.2 Å². The van der Waals surface area contributed by atoms with Gasteiger partial charge in [-0.05, 0) is 23.6 Å². The van der Waals surface area contributed by atoms with Crippen LogP contribution in [0.4, 0.5) is 18.9 Å². The van der Waals surface area contributed by atoms with Crippen LogP contribution in [-0.2, 0) is 11.3 Å². The lowest BCUT2D eigenvalue weighted by Gasteiger charge is -2.12. The highest BCUT2D eigenvalue weighted by atomic mass is 32.1. The van der Waals surface area contributed by atoms with Crippen molar-refractivity contribution in [1.29, 1.82) is 0 Å². The van der Waals surface area contributed by atoms with E-state index >= 15 is 0 Å². The third kappa shape index (κ3) is 4.08. The summed E-state index contributed by atoms with van der Waals surface area (Å²) in [5.74, 6) is -2.68. The summed E-state index contributed by atoms with van der Waals surface area (Å²) in [7, 11) is 0. The predicted molar refractivity (Wildman–Crippen MR) is 76.6 cm³/mol. The van der Waals surface area contributed by atoms with Crippen molar-refractivity contribution in [1.82, 2.24) is 5.32 Å². The Balaban J connectivity index is 2.10. The molecule has 0 bridgehead atoms. The summed E-state index contributed by atoms with van der Waals surface area (Å²) < 4.78 is 36.9. The Morgan fingerprint density at radius 3 is 2.45 bits per heavy atom. The molecule has 1 heterocycles. The number of carbonyl (C=O) groups is 2. The van der Waals surface area contributed by atoms with Crippen LogP contribution in [0.1, 0.15) is 15.2 Å². The van der Waals surface area contributed by atoms with Crippen LogP contribution in [-0.4, -0.2) is 18.0 Å². The van der Waals surface area contributed by atoms with E-state index in [0.717, 1.165) is 4.88 Å². The van der Waals surface area contributed by atoms with Gasteiger partial charge >= 0.3 is 12.1 Å². The molecule has 0 spiro atoms. The summed E-state index contributed by atoms with van der Waals surface area (Å²) in [6, 6.07) is 9.16. The molecule has 0 aliphatic heterocycles. The summed E-state index contributed by atoms with van der Waals surface area (Å²) in [6.45, 7) is 0.262. The zero-order valence-corrected chi connectivity index (χ0v) is 11.9. The average molecular weight is 328 g/mol. The Bertz CT molecular complexity index is 669. The lowest BCUT2D eigenvalue weighted by atomic mass is 10.1. The van der Waals surface area contributed by atoms with Crippen molar-refractivity contribution in [3.05, 3.63) is 52.2 Å². The molecule has 2 amide bonds. The molecule has 2 aromatic rings. The Hall–Kier alpha value is -2.35. The largest absolute Gasteiger partial charge is 0.471 e. The summed E-state index contributed by atoms with van der Waals surface area (Å²) in [4.78, 5) is 23.9. The first-order valence-corrected chi connectivity index (χ1v) is 7.03. The van der Waals surface area contributed by atoms with Crippen LogP contribution in [0, 0.1) is 0 Å². The zero-order chi connectivity index (χ0) is 16.2. The molecule has 0 atom stereocenters. The van der Waals surface area contributed by atoms with Gasteiger partial charge < -0.3 is 10.6 Å². The molecular weight excluding hydrogens is 317 g/mol. The normalized spacial score (nSPS) is 11.0. The van der Waals surface area contributed by atoms with Gasteiger partial charge in [0.05, 0.1) is 17.8 Å². The van der Waals surface area contributed by atoms with Gasteiger partial charge in [-0.3, -0.25) is 9.59 Å². The molecular formula is C14H11F3N2O2S. The summed E-state index contributed by atoms with van der Waals surface area (Å²) in [5.41, 5.74) is -0.217. The van der Waals surface area contributed by atoms with Crippen LogP contribution in [0.15, 0.2) is 41.8 Å². The molecule has 0 radical (unpaired) electrons. The number of carbonyl (C=O) groups excluding carboxylic acids is 2. The van der Waals surface area contributed by atoms with Gasteiger partial charge in [0.15, 0.2) is 0 Å². The number of rotatable bonds is 4. The third-order valence-corrected chi connectivity index (χ3v) is 3.56. The first kappa shape index (κ1) is 16.0. The highest BCUT2D eigenvalue weighted by Gasteiger charge is 2.39. The Morgan fingerprint density at radius 1 is 1.09 bits per heavy atom. The van der Waals surface area contributed by atoms with Crippen molar-refractivity contribution in [2.75, 3.05) is 5.32 Å². The zero-order valence-electron chi connectivity index (χ0n) is 11.1. The van der Waals surface area contributed by atoms with E-state index < -0.39 is 18.0 Å². The van der Waals surface area contributed by atoms with Gasteiger partial charge in [0.25, 0.3) is 5.91 Å². The molecule has 4 nitrogen and oxygen atoms in total. The second-order valence-electron chi connectivity index (χ2n) is 4.26. The smallest absolute Gasteiger partial charge is 0.347 e. The van der Waals surface area contributed by atoms with E-state index in [-0.39, 0.29) is 17.8 Å². The molecule has 8 heteroatoms. The predicted octanol–water partition coefficient (Wildman–Crippen LogP) is 3.18. The SMILES string of the molecule is O=C(NCc1cccs1)c1ccccc1NC(=O)C(F)(F)F. The minimum absolute atomic E-state index is 0.0309. The van der Waals surface area contributed by atoms with Crippen LogP contribution in [0.2, 0.25) is 0 Å². The maximum Gasteiger partial charge on any atom is 0.471 e. The standard InChI is InChI=1S/C14H11F3N2O2S/c15-14(16,17)13(21)19-11-6-2-1-5-10(11)12(20)18-8-9-4-3-7-22-9/h1-7H,8H2,(H,18,20)(H,19,21). The first-order chi connectivity index (χ1) is 10.4. The minimum Gasteiger partial charge on any atom is -0.347 e. The fourth-order valence-corrected chi connectivity index (χ4v) is 2.30. The van der Waals surface area contributed by atoms with Crippen molar-refractivity contribution in [2.24, 2.45) is 0 Å². The Kier molecular flexibility index (Phi) is 4.81. The van der Waals surface area contributed by atoms with Gasteiger partial charge in [0.1, 0.15) is 0 Å². The van der Waals surface area contributed by atoms with Crippen LogP contribution in [0.3, 0.4) is 0 Å². The molecule has 1 aromatic carbocycles. The topological polar surface area (TPSA) is 58.2 Å². The number of anilines is 1. The van der Waals surface area contributed by atoms with Crippen molar-refractivity contribution >= 4 is 28.8 Å². The maximum absolute atomic E-state index is 12.3. The van der Waals surface area contributed by atoms with Crippen LogP contribution in [0.25, 0.3) is 0 Å². The monoisotopic (exact) mass is 328 g/mol. The number of alkyl halides is 3. The summed E-state index contributed by atoms with van der Waals surface area (Å²) >= 11 is 1.45. The van der Waals surface area contributed by atoms with Gasteiger partial charge in [0, 0.05) is 4.88 Å². The second-order valence-corrected chi connectivity index (χ2v) is 5.29. The van der Waals surface area contributed by atoms with Gasteiger partial charge in [0.2, 0.25) is 0 Å². The van der Waals surface area contributed by atoms with Crippen LogP contribution >= 0.6 is 11.3 Å². The molecule has 0 saturated heterocycles. The van der Waals surface area contributed by atoms with E-state index in [1.165, 1.54) is 35.6 Å². The number of benzene rings is 1. The van der Waals surface area contributed by atoms with Crippen molar-refractivity contribution in [3.63, 3.8) is 0 Å². The van der Waals surface area contributed by atoms with Crippen molar-refractivity contribution in [3.8, 4) is 0 Å². The molecule has 2 N–H and O–H groups in total. The number of halogens is 3. The second kappa shape index (κ2) is 6.61. The highest BCUT2D eigenvalue weighted by molar-refractivity contribution is 7.09. The fourth-order valence-electron chi connectivity index (χ4n) is 1.66. The molecule has 0 aliphatic rings. The molecule has 0 unspecified atom stereocenters. The lowest BCUT2D eigenvalue weighted by molar-refractivity contribution is -0.167. The van der Waals surface area contributed by atoms with E-state index in [9.17, 15) is 22.8 Å². The number of para-hydroxylation sites is 1. The van der Waals surface area contributed by atoms with E-state index in [4.69, 9.17) is 0 Å². The number of amides is 2. The number of thiophene rings is 1. The fraction of sp³-hybridized carbons (Fsp3) is 0.143. The molecule has 2 rings (SSSR count). The number of hydrogen-bond acceptors (Lipinski definition) is 3. The molecule has 1 aromatic heterocycles. The molecule has 0 saturated carbocycles. The van der Waals surface area contributed by atoms with E-state index in [1.54, 1.807) is 5.32 Å². The van der Waals surface area contributed by atoms with Gasteiger partial charge in [-0.15, -0.1) is 11.3 Å². The molecule has 0 fully saturated rings. The summed E-state index contributed by atoms with van der Waals surface area (Å²) in [6.07, 6.45) is -5.01. The van der Waals surface area contributed by atoms with E-state index in [0.29, 0.717) is 0 Å². The van der Waals surface area contributed by atoms with Gasteiger partial charge in [-0.1, -0.05) is 18.2 Å². The Labute approximate surface area is 128 Å². The number of nitrogens with one attached hydrogen (secondary N) is 2. The first-order valence-electron chi connectivity index (χ1n) is 6.15. The molecule has 116 valence electrons. The molecule has 0 aliphatic carbocycles. The Morgan fingerprint density at radius 2 is 1.82 bits per heavy atom. The third-order valence-electron chi connectivity index (χ3n) is 2.68. The number of hydrogen-bond donors (Lipinski definition) is 2. The quantitative estimate of drug-likeness (QED) is 0.906. The lowest BCUT2D eigenvalue weighted by Crippen LogP contribution is -2.31.